The van der Waals surface area contributed by atoms with Crippen LogP contribution in [-0.4, -0.2) is 62.1 Å². The molecular formula is C22H20FN7O2. The average molecular weight is 433 g/mol. The third-order valence-electron chi connectivity index (χ3n) is 5.33. The van der Waals surface area contributed by atoms with Gasteiger partial charge in [-0.05, 0) is 29.8 Å². The van der Waals surface area contributed by atoms with Crippen LogP contribution in [0.25, 0.3) is 16.9 Å². The number of carbonyl (C=O) groups excluding carboxylic acids is 1. The number of hydrogen-bond acceptors (Lipinski definition) is 7. The van der Waals surface area contributed by atoms with Crippen LogP contribution in [0.3, 0.4) is 0 Å². The van der Waals surface area contributed by atoms with E-state index in [1.165, 1.54) is 18.5 Å². The normalized spacial score (nSPS) is 14.0. The Morgan fingerprint density at radius 1 is 0.969 bits per heavy atom. The van der Waals surface area contributed by atoms with Gasteiger partial charge in [0.1, 0.15) is 18.8 Å². The van der Waals surface area contributed by atoms with Crippen molar-refractivity contribution in [3.63, 3.8) is 0 Å². The summed E-state index contributed by atoms with van der Waals surface area (Å²) >= 11 is 0. The van der Waals surface area contributed by atoms with Gasteiger partial charge in [0.25, 0.3) is 0 Å². The highest BCUT2D eigenvalue weighted by molar-refractivity contribution is 5.83. The SMILES string of the molecule is O=C(OCc1ccccc1)N1CCN(c2ncnc3c2nnn3-c2ccc(F)cc2)CC1. The van der Waals surface area contributed by atoms with Gasteiger partial charge in [-0.3, -0.25) is 0 Å². The van der Waals surface area contributed by atoms with Gasteiger partial charge in [-0.15, -0.1) is 5.10 Å². The Balaban J connectivity index is 1.27. The second kappa shape index (κ2) is 8.58. The van der Waals surface area contributed by atoms with Gasteiger partial charge in [0.15, 0.2) is 17.0 Å². The molecule has 5 rings (SSSR count). The Hall–Kier alpha value is -4.08. The van der Waals surface area contributed by atoms with Crippen LogP contribution in [0.1, 0.15) is 5.56 Å². The van der Waals surface area contributed by atoms with E-state index in [4.69, 9.17) is 4.74 Å². The highest BCUT2D eigenvalue weighted by Gasteiger charge is 2.25. The molecule has 0 bridgehead atoms. The zero-order valence-electron chi connectivity index (χ0n) is 17.1. The third-order valence-corrected chi connectivity index (χ3v) is 5.33. The predicted molar refractivity (Wildman–Crippen MR) is 115 cm³/mol. The van der Waals surface area contributed by atoms with E-state index in [9.17, 15) is 9.18 Å². The first-order chi connectivity index (χ1) is 15.7. The molecule has 0 saturated carbocycles. The molecule has 3 heterocycles. The van der Waals surface area contributed by atoms with Crippen LogP contribution < -0.4 is 4.90 Å². The predicted octanol–water partition coefficient (Wildman–Crippen LogP) is 2.81. The van der Waals surface area contributed by atoms with E-state index < -0.39 is 0 Å². The van der Waals surface area contributed by atoms with Crippen LogP contribution in [-0.2, 0) is 11.3 Å². The van der Waals surface area contributed by atoms with Gasteiger partial charge in [0.2, 0.25) is 0 Å². The molecule has 0 aliphatic carbocycles. The summed E-state index contributed by atoms with van der Waals surface area (Å²) in [6, 6.07) is 15.5. The molecule has 1 aliphatic heterocycles. The number of rotatable bonds is 4. The van der Waals surface area contributed by atoms with Crippen molar-refractivity contribution in [2.45, 2.75) is 6.61 Å². The van der Waals surface area contributed by atoms with Gasteiger partial charge in [-0.2, -0.15) is 4.68 Å². The lowest BCUT2D eigenvalue weighted by molar-refractivity contribution is 0.0941. The van der Waals surface area contributed by atoms with Crippen LogP contribution in [0.4, 0.5) is 15.0 Å². The number of benzene rings is 2. The standard InChI is InChI=1S/C22H20FN7O2/c23-17-6-8-18(9-7-17)30-21-19(26-27-30)20(24-15-25-21)28-10-12-29(13-11-28)22(31)32-14-16-4-2-1-3-5-16/h1-9,15H,10-14H2. The van der Waals surface area contributed by atoms with Crippen molar-refractivity contribution in [1.29, 1.82) is 0 Å². The molecule has 1 amide bonds. The lowest BCUT2D eigenvalue weighted by Crippen LogP contribution is -2.49. The Bertz CT molecular complexity index is 1220. The maximum Gasteiger partial charge on any atom is 0.410 e. The number of fused-ring (bicyclic) bond motifs is 1. The van der Waals surface area contributed by atoms with Crippen LogP contribution in [0.15, 0.2) is 60.9 Å². The highest BCUT2D eigenvalue weighted by atomic mass is 19.1. The van der Waals surface area contributed by atoms with E-state index in [-0.39, 0.29) is 18.5 Å². The van der Waals surface area contributed by atoms with E-state index in [2.05, 4.69) is 25.2 Å². The summed E-state index contributed by atoms with van der Waals surface area (Å²) in [5, 5.41) is 8.43. The van der Waals surface area contributed by atoms with Crippen molar-refractivity contribution >= 4 is 23.1 Å². The fourth-order valence-electron chi connectivity index (χ4n) is 3.64. The number of nitrogens with zero attached hydrogens (tertiary/aromatic N) is 7. The Morgan fingerprint density at radius 2 is 1.72 bits per heavy atom. The summed E-state index contributed by atoms with van der Waals surface area (Å²) in [7, 11) is 0. The second-order valence-corrected chi connectivity index (χ2v) is 7.36. The van der Waals surface area contributed by atoms with Crippen molar-refractivity contribution in [2.75, 3.05) is 31.1 Å². The number of anilines is 1. The largest absolute Gasteiger partial charge is 0.445 e. The zero-order valence-corrected chi connectivity index (χ0v) is 17.1. The van der Waals surface area contributed by atoms with E-state index in [1.807, 2.05) is 30.3 Å². The van der Waals surface area contributed by atoms with Gasteiger partial charge in [0.05, 0.1) is 5.69 Å². The summed E-state index contributed by atoms with van der Waals surface area (Å²) in [5.41, 5.74) is 2.69. The minimum Gasteiger partial charge on any atom is -0.445 e. The van der Waals surface area contributed by atoms with Gasteiger partial charge in [0, 0.05) is 26.2 Å². The molecular weight excluding hydrogens is 413 g/mol. The van der Waals surface area contributed by atoms with Gasteiger partial charge in [-0.1, -0.05) is 35.5 Å². The fraction of sp³-hybridized carbons (Fsp3) is 0.227. The molecule has 1 saturated heterocycles. The Labute approximate surface area is 183 Å². The quantitative estimate of drug-likeness (QED) is 0.489. The van der Waals surface area contributed by atoms with Crippen molar-refractivity contribution in [2.24, 2.45) is 0 Å². The lowest BCUT2D eigenvalue weighted by atomic mass is 10.2. The minimum absolute atomic E-state index is 0.249. The van der Waals surface area contributed by atoms with Gasteiger partial charge in [-0.25, -0.2) is 19.2 Å². The summed E-state index contributed by atoms with van der Waals surface area (Å²) in [4.78, 5) is 24.9. The number of amides is 1. The molecule has 1 fully saturated rings. The Morgan fingerprint density at radius 3 is 2.47 bits per heavy atom. The molecule has 0 spiro atoms. The zero-order chi connectivity index (χ0) is 21.9. The fourth-order valence-corrected chi connectivity index (χ4v) is 3.64. The van der Waals surface area contributed by atoms with Crippen LogP contribution >= 0.6 is 0 Å². The molecule has 9 nitrogen and oxygen atoms in total. The molecule has 10 heteroatoms. The van der Waals surface area contributed by atoms with Crippen molar-refractivity contribution in [3.05, 3.63) is 72.3 Å². The molecule has 162 valence electrons. The first kappa shape index (κ1) is 19.9. The Kier molecular flexibility index (Phi) is 5.32. The number of halogens is 1. The second-order valence-electron chi connectivity index (χ2n) is 7.36. The number of hydrogen-bond donors (Lipinski definition) is 0. The molecule has 32 heavy (non-hydrogen) atoms. The molecule has 2 aromatic carbocycles. The monoisotopic (exact) mass is 433 g/mol. The van der Waals surface area contributed by atoms with E-state index in [0.717, 1.165) is 5.56 Å². The highest BCUT2D eigenvalue weighted by Crippen LogP contribution is 2.24. The summed E-state index contributed by atoms with van der Waals surface area (Å²) < 4.78 is 20.2. The van der Waals surface area contributed by atoms with Gasteiger partial charge >= 0.3 is 6.09 Å². The smallest absolute Gasteiger partial charge is 0.410 e. The maximum absolute atomic E-state index is 13.3. The molecule has 0 atom stereocenters. The van der Waals surface area contributed by atoms with E-state index in [0.29, 0.717) is 48.8 Å². The van der Waals surface area contributed by atoms with E-state index in [1.54, 1.807) is 21.7 Å². The van der Waals surface area contributed by atoms with E-state index >= 15 is 0 Å². The van der Waals surface area contributed by atoms with Crippen molar-refractivity contribution in [1.82, 2.24) is 29.9 Å². The molecule has 0 radical (unpaired) electrons. The molecule has 2 aromatic heterocycles. The molecule has 1 aliphatic rings. The van der Waals surface area contributed by atoms with Crippen molar-refractivity contribution < 1.29 is 13.9 Å². The van der Waals surface area contributed by atoms with Crippen LogP contribution in [0, 0.1) is 5.82 Å². The molecule has 0 N–H and O–H groups in total. The summed E-state index contributed by atoms with van der Waals surface area (Å²) in [5.74, 6) is 0.328. The first-order valence-electron chi connectivity index (χ1n) is 10.2. The number of ether oxygens (including phenoxy) is 1. The summed E-state index contributed by atoms with van der Waals surface area (Å²) in [6.45, 7) is 2.42. The van der Waals surface area contributed by atoms with Crippen molar-refractivity contribution in [3.8, 4) is 5.69 Å². The molecule has 4 aromatic rings. The number of aromatic nitrogens is 5. The lowest BCUT2D eigenvalue weighted by Gasteiger charge is -2.34. The number of piperazine rings is 1. The van der Waals surface area contributed by atoms with Crippen LogP contribution in [0.2, 0.25) is 0 Å². The van der Waals surface area contributed by atoms with Gasteiger partial charge < -0.3 is 14.5 Å². The molecule has 0 unspecified atom stereocenters. The average Bonchev–Trinajstić information content (AvgIpc) is 3.28. The third kappa shape index (κ3) is 3.94. The summed E-state index contributed by atoms with van der Waals surface area (Å²) in [6.07, 6.45) is 1.13. The first-order valence-corrected chi connectivity index (χ1v) is 10.2. The minimum atomic E-state index is -0.330. The maximum atomic E-state index is 13.3. The topological polar surface area (TPSA) is 89.3 Å². The number of carbonyl (C=O) groups is 1. The van der Waals surface area contributed by atoms with Crippen LogP contribution in [0.5, 0.6) is 0 Å².